The van der Waals surface area contributed by atoms with Crippen LogP contribution < -0.4 is 4.74 Å². The fourth-order valence-corrected chi connectivity index (χ4v) is 1.52. The first-order chi connectivity index (χ1) is 7.85. The molecule has 0 spiro atoms. The third-order valence-electron chi connectivity index (χ3n) is 2.30. The lowest BCUT2D eigenvalue weighted by Crippen LogP contribution is -2.05. The van der Waals surface area contributed by atoms with E-state index in [0.29, 0.717) is 6.54 Å². The molecule has 1 aromatic heterocycles. The lowest BCUT2D eigenvalue weighted by Gasteiger charge is -2.06. The molecule has 0 unspecified atom stereocenters. The first-order valence-electron chi connectivity index (χ1n) is 4.99. The van der Waals surface area contributed by atoms with Crippen molar-refractivity contribution in [2.45, 2.75) is 6.54 Å². The molecule has 0 aliphatic carbocycles. The monoisotopic (exact) mass is 219 g/mol. The van der Waals surface area contributed by atoms with Crippen LogP contribution in [0.5, 0.6) is 5.75 Å². The van der Waals surface area contributed by atoms with E-state index in [1.165, 1.54) is 0 Å². The molecule has 0 fully saturated rings. The number of nitrogens with zero attached hydrogens (tertiary/aromatic N) is 3. The van der Waals surface area contributed by atoms with Gasteiger partial charge < -0.3 is 9.84 Å². The maximum Gasteiger partial charge on any atom is 0.119 e. The average molecular weight is 219 g/mol. The van der Waals surface area contributed by atoms with Crippen LogP contribution in [-0.2, 0) is 6.54 Å². The van der Waals surface area contributed by atoms with Crippen LogP contribution in [0.4, 0.5) is 0 Å². The van der Waals surface area contributed by atoms with Crippen molar-refractivity contribution in [2.24, 2.45) is 0 Å². The normalized spacial score (nSPS) is 10.4. The van der Waals surface area contributed by atoms with E-state index >= 15 is 0 Å². The van der Waals surface area contributed by atoms with E-state index in [1.54, 1.807) is 18.0 Å². The first kappa shape index (κ1) is 10.6. The van der Waals surface area contributed by atoms with Gasteiger partial charge in [0.15, 0.2) is 0 Å². The number of hydrogen-bond acceptors (Lipinski definition) is 4. The van der Waals surface area contributed by atoms with Gasteiger partial charge in [-0.3, -0.25) is 0 Å². The van der Waals surface area contributed by atoms with E-state index in [1.807, 2.05) is 24.3 Å². The summed E-state index contributed by atoms with van der Waals surface area (Å²) < 4.78 is 6.81. The number of ether oxygens (including phenoxy) is 1. The van der Waals surface area contributed by atoms with Crippen LogP contribution in [0.2, 0.25) is 0 Å². The summed E-state index contributed by atoms with van der Waals surface area (Å²) in [5, 5.41) is 16.6. The minimum atomic E-state index is 0.0420. The molecule has 0 amide bonds. The van der Waals surface area contributed by atoms with Crippen LogP contribution in [0.1, 0.15) is 0 Å². The van der Waals surface area contributed by atoms with E-state index in [2.05, 4.69) is 10.3 Å². The van der Waals surface area contributed by atoms with Crippen molar-refractivity contribution in [3.05, 3.63) is 30.5 Å². The van der Waals surface area contributed by atoms with Crippen molar-refractivity contribution >= 4 is 0 Å². The maximum absolute atomic E-state index is 8.90. The largest absolute Gasteiger partial charge is 0.497 e. The van der Waals surface area contributed by atoms with Gasteiger partial charge in [-0.1, -0.05) is 17.3 Å². The maximum atomic E-state index is 8.90. The van der Waals surface area contributed by atoms with E-state index in [9.17, 15) is 0 Å². The topological polar surface area (TPSA) is 60.2 Å². The molecule has 5 heteroatoms. The van der Waals surface area contributed by atoms with Crippen LogP contribution >= 0.6 is 0 Å². The summed E-state index contributed by atoms with van der Waals surface area (Å²) in [7, 11) is 1.63. The predicted octanol–water partition coefficient (Wildman–Crippen LogP) is 0.946. The zero-order valence-corrected chi connectivity index (χ0v) is 9.00. The van der Waals surface area contributed by atoms with Gasteiger partial charge in [0.1, 0.15) is 5.75 Å². The number of hydrogen-bond donors (Lipinski definition) is 1. The van der Waals surface area contributed by atoms with Crippen LogP contribution in [0.3, 0.4) is 0 Å². The molecule has 1 aromatic carbocycles. The SMILES string of the molecule is COc1cccc(-c2cnnn2CCO)c1. The molecule has 0 aliphatic heterocycles. The Morgan fingerprint density at radius 1 is 1.44 bits per heavy atom. The second-order valence-electron chi connectivity index (χ2n) is 3.30. The van der Waals surface area contributed by atoms with Gasteiger partial charge in [-0.2, -0.15) is 0 Å². The van der Waals surface area contributed by atoms with Crippen LogP contribution in [0.25, 0.3) is 11.3 Å². The van der Waals surface area contributed by atoms with Gasteiger partial charge in [0, 0.05) is 5.56 Å². The molecule has 1 N–H and O–H groups in total. The smallest absolute Gasteiger partial charge is 0.119 e. The molecule has 0 radical (unpaired) electrons. The first-order valence-corrected chi connectivity index (χ1v) is 4.99. The number of aromatic nitrogens is 3. The minimum absolute atomic E-state index is 0.0420. The summed E-state index contributed by atoms with van der Waals surface area (Å²) in [6.45, 7) is 0.479. The van der Waals surface area contributed by atoms with E-state index in [4.69, 9.17) is 9.84 Å². The van der Waals surface area contributed by atoms with Gasteiger partial charge in [-0.25, -0.2) is 4.68 Å². The Hall–Kier alpha value is -1.88. The van der Waals surface area contributed by atoms with Gasteiger partial charge in [-0.05, 0) is 12.1 Å². The Labute approximate surface area is 93.3 Å². The fourth-order valence-electron chi connectivity index (χ4n) is 1.52. The van der Waals surface area contributed by atoms with Gasteiger partial charge in [-0.15, -0.1) is 5.10 Å². The molecular weight excluding hydrogens is 206 g/mol. The standard InChI is InChI=1S/C11H13N3O2/c1-16-10-4-2-3-9(7-10)11-8-12-13-14(11)5-6-15/h2-4,7-8,15H,5-6H2,1H3. The van der Waals surface area contributed by atoms with Crippen molar-refractivity contribution in [3.8, 4) is 17.0 Å². The zero-order chi connectivity index (χ0) is 11.4. The van der Waals surface area contributed by atoms with Crippen molar-refractivity contribution in [1.82, 2.24) is 15.0 Å². The highest BCUT2D eigenvalue weighted by atomic mass is 16.5. The second kappa shape index (κ2) is 4.76. The van der Waals surface area contributed by atoms with Gasteiger partial charge in [0.05, 0.1) is 32.2 Å². The van der Waals surface area contributed by atoms with E-state index in [0.717, 1.165) is 17.0 Å². The molecule has 2 aromatic rings. The van der Waals surface area contributed by atoms with Crippen molar-refractivity contribution in [2.75, 3.05) is 13.7 Å². The van der Waals surface area contributed by atoms with Crippen molar-refractivity contribution in [1.29, 1.82) is 0 Å². The lowest BCUT2D eigenvalue weighted by molar-refractivity contribution is 0.269. The zero-order valence-electron chi connectivity index (χ0n) is 9.00. The van der Waals surface area contributed by atoms with Crippen molar-refractivity contribution < 1.29 is 9.84 Å². The van der Waals surface area contributed by atoms with Gasteiger partial charge in [0.25, 0.3) is 0 Å². The lowest BCUT2D eigenvalue weighted by atomic mass is 10.1. The molecule has 0 saturated carbocycles. The summed E-state index contributed by atoms with van der Waals surface area (Å²) in [5.74, 6) is 0.786. The summed E-state index contributed by atoms with van der Waals surface area (Å²) in [5.41, 5.74) is 1.84. The molecule has 0 saturated heterocycles. The van der Waals surface area contributed by atoms with Crippen molar-refractivity contribution in [3.63, 3.8) is 0 Å². The number of methoxy groups -OCH3 is 1. The fraction of sp³-hybridized carbons (Fsp3) is 0.273. The van der Waals surface area contributed by atoms with Gasteiger partial charge in [0.2, 0.25) is 0 Å². The Kier molecular flexibility index (Phi) is 3.16. The Morgan fingerprint density at radius 3 is 3.06 bits per heavy atom. The second-order valence-corrected chi connectivity index (χ2v) is 3.30. The average Bonchev–Trinajstić information content (AvgIpc) is 2.78. The molecule has 16 heavy (non-hydrogen) atoms. The third kappa shape index (κ3) is 2.04. The Morgan fingerprint density at radius 2 is 2.31 bits per heavy atom. The number of aliphatic hydroxyl groups excluding tert-OH is 1. The van der Waals surface area contributed by atoms with Crippen LogP contribution in [-0.4, -0.2) is 33.8 Å². The third-order valence-corrected chi connectivity index (χ3v) is 2.30. The highest BCUT2D eigenvalue weighted by Gasteiger charge is 2.06. The minimum Gasteiger partial charge on any atom is -0.497 e. The Bertz CT molecular complexity index is 468. The van der Waals surface area contributed by atoms with Crippen LogP contribution in [0.15, 0.2) is 30.5 Å². The summed E-state index contributed by atoms with van der Waals surface area (Å²) in [4.78, 5) is 0. The highest BCUT2D eigenvalue weighted by molar-refractivity contribution is 5.60. The summed E-state index contributed by atoms with van der Waals surface area (Å²) in [6, 6.07) is 7.65. The Balaban J connectivity index is 2.37. The molecule has 1 heterocycles. The number of rotatable bonds is 4. The molecule has 84 valence electrons. The predicted molar refractivity (Wildman–Crippen MR) is 59.1 cm³/mol. The number of benzene rings is 1. The van der Waals surface area contributed by atoms with Crippen LogP contribution in [0, 0.1) is 0 Å². The summed E-state index contributed by atoms with van der Waals surface area (Å²) in [6.07, 6.45) is 1.67. The molecule has 2 rings (SSSR count). The molecule has 5 nitrogen and oxygen atoms in total. The molecular formula is C11H13N3O2. The van der Waals surface area contributed by atoms with E-state index < -0.39 is 0 Å². The molecule has 0 atom stereocenters. The molecule has 0 aliphatic rings. The molecule has 0 bridgehead atoms. The highest BCUT2D eigenvalue weighted by Crippen LogP contribution is 2.22. The number of aliphatic hydroxyl groups is 1. The quantitative estimate of drug-likeness (QED) is 0.831. The van der Waals surface area contributed by atoms with Gasteiger partial charge >= 0.3 is 0 Å². The summed E-state index contributed by atoms with van der Waals surface area (Å²) >= 11 is 0. The van der Waals surface area contributed by atoms with E-state index in [-0.39, 0.29) is 6.61 Å².